The molecule has 18 heavy (non-hydrogen) atoms. The Bertz CT molecular complexity index is 546. The van der Waals surface area contributed by atoms with E-state index in [2.05, 4.69) is 39.7 Å². The normalized spacial score (nSPS) is 21.6. The van der Waals surface area contributed by atoms with Crippen LogP contribution in [0, 0.1) is 0 Å². The number of hydrogen-bond donors (Lipinski definition) is 1. The summed E-state index contributed by atoms with van der Waals surface area (Å²) in [5.74, 6) is 1.16. The van der Waals surface area contributed by atoms with Crippen molar-refractivity contribution in [3.8, 4) is 0 Å². The van der Waals surface area contributed by atoms with Crippen molar-refractivity contribution < 1.29 is 0 Å². The fraction of sp³-hybridized carbons (Fsp3) is 0.500. The number of hydrogen-bond acceptors (Lipinski definition) is 3. The van der Waals surface area contributed by atoms with Gasteiger partial charge in [-0.05, 0) is 38.1 Å². The fourth-order valence-corrected chi connectivity index (χ4v) is 2.82. The zero-order chi connectivity index (χ0) is 12.5. The van der Waals surface area contributed by atoms with Gasteiger partial charge in [0.25, 0.3) is 0 Å². The lowest BCUT2D eigenvalue weighted by Crippen LogP contribution is -2.30. The van der Waals surface area contributed by atoms with Crippen LogP contribution in [0.3, 0.4) is 0 Å². The molecule has 1 atom stereocenters. The molecule has 2 aromatic rings. The molecule has 1 aliphatic rings. The summed E-state index contributed by atoms with van der Waals surface area (Å²) in [7, 11) is 2.19. The van der Waals surface area contributed by atoms with Crippen LogP contribution in [0.1, 0.15) is 36.7 Å². The molecule has 1 aliphatic heterocycles. The van der Waals surface area contributed by atoms with E-state index in [1.165, 1.54) is 19.3 Å². The number of piperidine rings is 1. The lowest BCUT2D eigenvalue weighted by Gasteiger charge is -2.31. The molecule has 0 saturated carbocycles. The molecule has 3 heterocycles. The van der Waals surface area contributed by atoms with E-state index in [1.54, 1.807) is 0 Å². The highest BCUT2D eigenvalue weighted by Gasteiger charge is 2.24. The summed E-state index contributed by atoms with van der Waals surface area (Å²) in [5.41, 5.74) is 8.03. The van der Waals surface area contributed by atoms with Crippen molar-refractivity contribution in [2.75, 3.05) is 13.6 Å². The summed E-state index contributed by atoms with van der Waals surface area (Å²) in [6.07, 6.45) is 7.87. The molecule has 2 aromatic heterocycles. The molecule has 4 nitrogen and oxygen atoms in total. The maximum absolute atomic E-state index is 5.72. The summed E-state index contributed by atoms with van der Waals surface area (Å²) < 4.78 is 2.20. The molecule has 4 heteroatoms. The third kappa shape index (κ3) is 1.91. The maximum atomic E-state index is 5.72. The predicted octanol–water partition coefficient (Wildman–Crippen LogP) is 1.95. The molecular formula is C14H20N4. The van der Waals surface area contributed by atoms with Crippen molar-refractivity contribution >= 4 is 5.52 Å². The monoisotopic (exact) mass is 244 g/mol. The van der Waals surface area contributed by atoms with E-state index in [0.717, 1.165) is 23.4 Å². The van der Waals surface area contributed by atoms with Gasteiger partial charge in [0.15, 0.2) is 0 Å². The third-order valence-corrected chi connectivity index (χ3v) is 3.92. The number of aromatic nitrogens is 2. The smallest absolute Gasteiger partial charge is 0.130 e. The first-order valence-corrected chi connectivity index (χ1v) is 6.66. The Morgan fingerprint density at radius 3 is 3.06 bits per heavy atom. The van der Waals surface area contributed by atoms with Crippen LogP contribution in [-0.4, -0.2) is 27.9 Å². The SMILES string of the molecule is CN1CCCCC1c1ncc2ccc(CN)cn12. The van der Waals surface area contributed by atoms with Gasteiger partial charge in [0, 0.05) is 12.7 Å². The summed E-state index contributed by atoms with van der Waals surface area (Å²) in [4.78, 5) is 7.04. The maximum Gasteiger partial charge on any atom is 0.130 e. The standard InChI is InChI=1S/C14H20N4/c1-17-7-3-2-4-13(17)14-16-9-12-6-5-11(8-15)10-18(12)14/h5-6,9-10,13H,2-4,7-8,15H2,1H3. The van der Waals surface area contributed by atoms with Crippen molar-refractivity contribution in [3.63, 3.8) is 0 Å². The van der Waals surface area contributed by atoms with Gasteiger partial charge in [-0.2, -0.15) is 0 Å². The molecule has 1 fully saturated rings. The Morgan fingerprint density at radius 1 is 1.39 bits per heavy atom. The van der Waals surface area contributed by atoms with Gasteiger partial charge in [-0.25, -0.2) is 4.98 Å². The van der Waals surface area contributed by atoms with Crippen LogP contribution >= 0.6 is 0 Å². The van der Waals surface area contributed by atoms with E-state index in [-0.39, 0.29) is 0 Å². The van der Waals surface area contributed by atoms with E-state index >= 15 is 0 Å². The summed E-state index contributed by atoms with van der Waals surface area (Å²) in [6.45, 7) is 1.74. The Kier molecular flexibility index (Phi) is 3.06. The number of imidazole rings is 1. The minimum absolute atomic E-state index is 0.439. The summed E-state index contributed by atoms with van der Waals surface area (Å²) in [5, 5.41) is 0. The largest absolute Gasteiger partial charge is 0.326 e. The first-order valence-electron chi connectivity index (χ1n) is 6.66. The Balaban J connectivity index is 2.05. The van der Waals surface area contributed by atoms with Gasteiger partial charge >= 0.3 is 0 Å². The molecule has 0 spiro atoms. The molecule has 1 unspecified atom stereocenters. The lowest BCUT2D eigenvalue weighted by molar-refractivity contribution is 0.179. The molecule has 1 saturated heterocycles. The van der Waals surface area contributed by atoms with Crippen molar-refractivity contribution in [2.24, 2.45) is 5.73 Å². The van der Waals surface area contributed by atoms with Gasteiger partial charge in [0.2, 0.25) is 0 Å². The second-order valence-corrected chi connectivity index (χ2v) is 5.14. The molecule has 0 aromatic carbocycles. The molecule has 0 bridgehead atoms. The zero-order valence-electron chi connectivity index (χ0n) is 10.8. The van der Waals surface area contributed by atoms with Crippen LogP contribution in [0.4, 0.5) is 0 Å². The molecule has 96 valence electrons. The first-order chi connectivity index (χ1) is 8.79. The number of pyridine rings is 1. The van der Waals surface area contributed by atoms with Crippen molar-refractivity contribution in [2.45, 2.75) is 31.8 Å². The second-order valence-electron chi connectivity index (χ2n) is 5.14. The van der Waals surface area contributed by atoms with E-state index < -0.39 is 0 Å². The van der Waals surface area contributed by atoms with Crippen LogP contribution in [0.5, 0.6) is 0 Å². The third-order valence-electron chi connectivity index (χ3n) is 3.92. The van der Waals surface area contributed by atoms with Gasteiger partial charge in [-0.3, -0.25) is 4.90 Å². The van der Waals surface area contributed by atoms with E-state index in [4.69, 9.17) is 5.73 Å². The Hall–Kier alpha value is -1.39. The highest BCUT2D eigenvalue weighted by Crippen LogP contribution is 2.29. The molecule has 3 rings (SSSR count). The van der Waals surface area contributed by atoms with Gasteiger partial charge in [0.05, 0.1) is 17.8 Å². The quantitative estimate of drug-likeness (QED) is 0.878. The minimum atomic E-state index is 0.439. The minimum Gasteiger partial charge on any atom is -0.326 e. The highest BCUT2D eigenvalue weighted by atomic mass is 15.2. The van der Waals surface area contributed by atoms with Gasteiger partial charge in [0.1, 0.15) is 5.82 Å². The molecule has 2 N–H and O–H groups in total. The fourth-order valence-electron chi connectivity index (χ4n) is 2.82. The lowest BCUT2D eigenvalue weighted by atomic mass is 10.0. The van der Waals surface area contributed by atoms with Crippen molar-refractivity contribution in [1.82, 2.24) is 14.3 Å². The second kappa shape index (κ2) is 4.71. The van der Waals surface area contributed by atoms with Crippen molar-refractivity contribution in [1.29, 1.82) is 0 Å². The van der Waals surface area contributed by atoms with Crippen LogP contribution in [0.15, 0.2) is 24.5 Å². The van der Waals surface area contributed by atoms with Gasteiger partial charge in [-0.1, -0.05) is 12.5 Å². The number of rotatable bonds is 2. The van der Waals surface area contributed by atoms with Gasteiger partial charge in [-0.15, -0.1) is 0 Å². The number of nitrogens with two attached hydrogens (primary N) is 1. The Morgan fingerprint density at radius 2 is 2.28 bits per heavy atom. The summed E-state index contributed by atoms with van der Waals surface area (Å²) >= 11 is 0. The number of likely N-dealkylation sites (tertiary alicyclic amines) is 1. The predicted molar refractivity (Wildman–Crippen MR) is 72.3 cm³/mol. The van der Waals surface area contributed by atoms with Crippen LogP contribution < -0.4 is 5.73 Å². The Labute approximate surface area is 107 Å². The average Bonchev–Trinajstić information content (AvgIpc) is 2.82. The van der Waals surface area contributed by atoms with Crippen LogP contribution in [0.25, 0.3) is 5.52 Å². The molecule has 0 aliphatic carbocycles. The summed E-state index contributed by atoms with van der Waals surface area (Å²) in [6, 6.07) is 4.61. The highest BCUT2D eigenvalue weighted by molar-refractivity contribution is 5.47. The first kappa shape index (κ1) is 11.7. The van der Waals surface area contributed by atoms with Gasteiger partial charge < -0.3 is 10.1 Å². The average molecular weight is 244 g/mol. The molecule has 0 radical (unpaired) electrons. The topological polar surface area (TPSA) is 46.6 Å². The van der Waals surface area contributed by atoms with Crippen LogP contribution in [-0.2, 0) is 6.54 Å². The van der Waals surface area contributed by atoms with E-state index in [1.807, 2.05) is 6.20 Å². The zero-order valence-corrected chi connectivity index (χ0v) is 10.8. The van der Waals surface area contributed by atoms with E-state index in [0.29, 0.717) is 12.6 Å². The number of fused-ring (bicyclic) bond motifs is 1. The molecular weight excluding hydrogens is 224 g/mol. The molecule has 0 amide bonds. The van der Waals surface area contributed by atoms with E-state index in [9.17, 15) is 0 Å². The van der Waals surface area contributed by atoms with Crippen LogP contribution in [0.2, 0.25) is 0 Å². The van der Waals surface area contributed by atoms with Crippen molar-refractivity contribution in [3.05, 3.63) is 35.9 Å². The number of nitrogens with zero attached hydrogens (tertiary/aromatic N) is 3.